The fourth-order valence-corrected chi connectivity index (χ4v) is 3.98. The van der Waals surface area contributed by atoms with Gasteiger partial charge in [0.1, 0.15) is 5.60 Å². The maximum atomic E-state index is 12.9. The number of alkyl carbamates (subject to hydrolysis) is 1. The molecule has 2 amide bonds. The SMILES string of the molecule is CCN(C(=O)c1cnc(N2CCC(NC(=O)OC(C)(C)C)C2)nc1)C1CCNCC1. The molecule has 0 aliphatic carbocycles. The summed E-state index contributed by atoms with van der Waals surface area (Å²) >= 11 is 0. The molecule has 2 aliphatic rings. The summed E-state index contributed by atoms with van der Waals surface area (Å²) < 4.78 is 5.32. The number of hydrogen-bond acceptors (Lipinski definition) is 7. The van der Waals surface area contributed by atoms with E-state index in [1.54, 1.807) is 12.4 Å². The quantitative estimate of drug-likeness (QED) is 0.752. The monoisotopic (exact) mass is 418 g/mol. The molecule has 0 saturated carbocycles. The summed E-state index contributed by atoms with van der Waals surface area (Å²) in [5, 5.41) is 6.23. The van der Waals surface area contributed by atoms with Crippen molar-refractivity contribution in [1.29, 1.82) is 0 Å². The molecule has 3 heterocycles. The molecule has 1 unspecified atom stereocenters. The summed E-state index contributed by atoms with van der Waals surface area (Å²) in [7, 11) is 0. The Labute approximate surface area is 178 Å². The van der Waals surface area contributed by atoms with Crippen LogP contribution in [0.5, 0.6) is 0 Å². The first-order valence-electron chi connectivity index (χ1n) is 10.8. The van der Waals surface area contributed by atoms with E-state index >= 15 is 0 Å². The minimum atomic E-state index is -0.519. The number of rotatable bonds is 5. The summed E-state index contributed by atoms with van der Waals surface area (Å²) in [6.07, 6.45) is 5.56. The van der Waals surface area contributed by atoms with E-state index in [-0.39, 0.29) is 18.0 Å². The average Bonchev–Trinajstić information content (AvgIpc) is 3.16. The Bertz CT molecular complexity index is 727. The van der Waals surface area contributed by atoms with Crippen LogP contribution in [0.2, 0.25) is 0 Å². The van der Waals surface area contributed by atoms with Crippen LogP contribution in [0, 0.1) is 0 Å². The molecule has 1 atom stereocenters. The second kappa shape index (κ2) is 9.59. The first kappa shape index (κ1) is 22.3. The van der Waals surface area contributed by atoms with Gasteiger partial charge in [-0.2, -0.15) is 0 Å². The van der Waals surface area contributed by atoms with Gasteiger partial charge in [0.15, 0.2) is 0 Å². The summed E-state index contributed by atoms with van der Waals surface area (Å²) in [6.45, 7) is 11.5. The average molecular weight is 419 g/mol. The van der Waals surface area contributed by atoms with E-state index < -0.39 is 11.7 Å². The van der Waals surface area contributed by atoms with Crippen LogP contribution >= 0.6 is 0 Å². The van der Waals surface area contributed by atoms with Gasteiger partial charge in [-0.15, -0.1) is 0 Å². The lowest BCUT2D eigenvalue weighted by Crippen LogP contribution is -2.46. The van der Waals surface area contributed by atoms with Crippen LogP contribution < -0.4 is 15.5 Å². The number of piperidine rings is 1. The normalized spacial score (nSPS) is 20.1. The van der Waals surface area contributed by atoms with Gasteiger partial charge in [0, 0.05) is 38.1 Å². The second-order valence-corrected chi connectivity index (χ2v) is 8.92. The van der Waals surface area contributed by atoms with Gasteiger partial charge in [-0.05, 0) is 60.0 Å². The molecule has 9 nitrogen and oxygen atoms in total. The lowest BCUT2D eigenvalue weighted by atomic mass is 10.0. The van der Waals surface area contributed by atoms with E-state index in [2.05, 4.69) is 20.6 Å². The molecular weight excluding hydrogens is 384 g/mol. The number of ether oxygens (including phenoxy) is 1. The van der Waals surface area contributed by atoms with Gasteiger partial charge in [-0.25, -0.2) is 14.8 Å². The van der Waals surface area contributed by atoms with Crippen molar-refractivity contribution in [3.8, 4) is 0 Å². The molecular formula is C21H34N6O3. The number of nitrogens with zero attached hydrogens (tertiary/aromatic N) is 4. The highest BCUT2D eigenvalue weighted by Crippen LogP contribution is 2.19. The number of aromatic nitrogens is 2. The van der Waals surface area contributed by atoms with Gasteiger partial charge >= 0.3 is 6.09 Å². The molecule has 3 rings (SSSR count). The Morgan fingerprint density at radius 1 is 1.23 bits per heavy atom. The van der Waals surface area contributed by atoms with Crippen molar-refractivity contribution in [3.63, 3.8) is 0 Å². The summed E-state index contributed by atoms with van der Waals surface area (Å²) in [4.78, 5) is 37.7. The topological polar surface area (TPSA) is 99.7 Å². The number of carbonyl (C=O) groups is 2. The molecule has 1 aromatic heterocycles. The van der Waals surface area contributed by atoms with Crippen LogP contribution in [0.3, 0.4) is 0 Å². The van der Waals surface area contributed by atoms with Gasteiger partial charge in [0.2, 0.25) is 5.95 Å². The lowest BCUT2D eigenvalue weighted by Gasteiger charge is -2.33. The molecule has 9 heteroatoms. The molecule has 1 aromatic rings. The predicted molar refractivity (Wildman–Crippen MR) is 115 cm³/mol. The summed E-state index contributed by atoms with van der Waals surface area (Å²) in [6, 6.07) is 0.252. The molecule has 2 fully saturated rings. The van der Waals surface area contributed by atoms with Crippen LogP contribution in [0.15, 0.2) is 12.4 Å². The highest BCUT2D eigenvalue weighted by molar-refractivity contribution is 5.94. The van der Waals surface area contributed by atoms with E-state index in [4.69, 9.17) is 4.74 Å². The molecule has 0 spiro atoms. The highest BCUT2D eigenvalue weighted by Gasteiger charge is 2.29. The Kier molecular flexibility index (Phi) is 7.12. The molecule has 30 heavy (non-hydrogen) atoms. The van der Waals surface area contributed by atoms with Crippen LogP contribution in [-0.4, -0.2) is 77.3 Å². The molecule has 0 radical (unpaired) electrons. The van der Waals surface area contributed by atoms with Crippen molar-refractivity contribution >= 4 is 17.9 Å². The van der Waals surface area contributed by atoms with E-state index in [1.807, 2.05) is 37.5 Å². The maximum absolute atomic E-state index is 12.9. The first-order valence-corrected chi connectivity index (χ1v) is 10.8. The van der Waals surface area contributed by atoms with Crippen molar-refractivity contribution < 1.29 is 14.3 Å². The lowest BCUT2D eigenvalue weighted by molar-refractivity contribution is 0.0508. The molecule has 0 aromatic carbocycles. The summed E-state index contributed by atoms with van der Waals surface area (Å²) in [5.41, 5.74) is -0.00396. The number of carbonyl (C=O) groups excluding carboxylic acids is 2. The molecule has 2 saturated heterocycles. The third kappa shape index (κ3) is 5.81. The first-order chi connectivity index (χ1) is 14.3. The Morgan fingerprint density at radius 3 is 2.50 bits per heavy atom. The number of anilines is 1. The Hall–Kier alpha value is -2.42. The largest absolute Gasteiger partial charge is 0.444 e. The van der Waals surface area contributed by atoms with Gasteiger partial charge < -0.3 is 25.2 Å². The minimum Gasteiger partial charge on any atom is -0.444 e. The minimum absolute atomic E-state index is 0.0122. The maximum Gasteiger partial charge on any atom is 0.407 e. The fraction of sp³-hybridized carbons (Fsp3) is 0.714. The van der Waals surface area contributed by atoms with Crippen molar-refractivity contribution in [2.45, 2.75) is 64.6 Å². The molecule has 0 bridgehead atoms. The Morgan fingerprint density at radius 2 is 1.90 bits per heavy atom. The second-order valence-electron chi connectivity index (χ2n) is 8.92. The zero-order valence-corrected chi connectivity index (χ0v) is 18.5. The predicted octanol–water partition coefficient (Wildman–Crippen LogP) is 1.79. The van der Waals surface area contributed by atoms with Crippen LogP contribution in [0.25, 0.3) is 0 Å². The Balaban J connectivity index is 1.56. The van der Waals surface area contributed by atoms with Crippen LogP contribution in [0.4, 0.5) is 10.7 Å². The van der Waals surface area contributed by atoms with Gasteiger partial charge in [0.25, 0.3) is 5.91 Å². The van der Waals surface area contributed by atoms with Gasteiger partial charge in [-0.3, -0.25) is 4.79 Å². The van der Waals surface area contributed by atoms with Gasteiger partial charge in [-0.1, -0.05) is 0 Å². The van der Waals surface area contributed by atoms with Crippen molar-refractivity contribution in [1.82, 2.24) is 25.5 Å². The van der Waals surface area contributed by atoms with E-state index in [1.165, 1.54) is 0 Å². The van der Waals surface area contributed by atoms with Crippen molar-refractivity contribution in [2.75, 3.05) is 37.6 Å². The molecule has 2 aliphatic heterocycles. The molecule has 166 valence electrons. The van der Waals surface area contributed by atoms with E-state index in [9.17, 15) is 9.59 Å². The smallest absolute Gasteiger partial charge is 0.407 e. The zero-order valence-electron chi connectivity index (χ0n) is 18.5. The number of amides is 2. The molecule has 2 N–H and O–H groups in total. The highest BCUT2D eigenvalue weighted by atomic mass is 16.6. The van der Waals surface area contributed by atoms with Crippen LogP contribution in [0.1, 0.15) is 57.3 Å². The summed E-state index contributed by atoms with van der Waals surface area (Å²) in [5.74, 6) is 0.562. The zero-order chi connectivity index (χ0) is 21.7. The number of hydrogen-bond donors (Lipinski definition) is 2. The third-order valence-electron chi connectivity index (χ3n) is 5.43. The fourth-order valence-electron chi connectivity index (χ4n) is 3.98. The van der Waals surface area contributed by atoms with Crippen molar-refractivity contribution in [3.05, 3.63) is 18.0 Å². The van der Waals surface area contributed by atoms with Crippen molar-refractivity contribution in [2.24, 2.45) is 0 Å². The van der Waals surface area contributed by atoms with Gasteiger partial charge in [0.05, 0.1) is 11.6 Å². The van der Waals surface area contributed by atoms with E-state index in [0.29, 0.717) is 24.6 Å². The third-order valence-corrected chi connectivity index (χ3v) is 5.43. The van der Waals surface area contributed by atoms with E-state index in [0.717, 1.165) is 38.9 Å². The standard InChI is InChI=1S/C21H34N6O3/c1-5-27(17-6-9-22-10-7-17)18(28)15-12-23-19(24-13-15)26-11-8-16(14-26)25-20(29)30-21(2,3)4/h12-13,16-17,22H,5-11,14H2,1-4H3,(H,25,29). The van der Waals surface area contributed by atoms with Crippen LogP contribution in [-0.2, 0) is 4.74 Å². The number of nitrogens with one attached hydrogen (secondary N) is 2.